The Morgan fingerprint density at radius 1 is 0.949 bits per heavy atom. The van der Waals surface area contributed by atoms with Crippen molar-refractivity contribution in [2.75, 3.05) is 5.32 Å². The van der Waals surface area contributed by atoms with Crippen molar-refractivity contribution >= 4 is 38.8 Å². The molecule has 0 spiro atoms. The van der Waals surface area contributed by atoms with Gasteiger partial charge in [-0.15, -0.1) is 0 Å². The van der Waals surface area contributed by atoms with Crippen molar-refractivity contribution < 1.29 is 22.8 Å². The molecule has 0 aromatic heterocycles. The molecule has 0 bridgehead atoms. The van der Waals surface area contributed by atoms with Crippen LogP contribution in [0.1, 0.15) is 71.3 Å². The average molecular weight is 541 g/mol. The van der Waals surface area contributed by atoms with Gasteiger partial charge in [-0.1, -0.05) is 49.4 Å². The normalized spacial score (nSPS) is 22.1. The van der Waals surface area contributed by atoms with Crippen LogP contribution in [0.2, 0.25) is 0 Å². The highest BCUT2D eigenvalue weighted by atomic mass is 32.2. The second kappa shape index (κ2) is 9.31. The van der Waals surface area contributed by atoms with Gasteiger partial charge in [-0.05, 0) is 77.3 Å². The fraction of sp³-hybridized carbons (Fsp3) is 0.258. The van der Waals surface area contributed by atoms with Crippen LogP contribution in [0.25, 0.3) is 5.57 Å². The van der Waals surface area contributed by atoms with Crippen molar-refractivity contribution in [1.29, 1.82) is 0 Å². The minimum absolute atomic E-state index is 0.0263. The maximum Gasteiger partial charge on any atom is 0.264 e. The number of anilines is 1. The third-order valence-electron chi connectivity index (χ3n) is 8.08. The molecule has 3 aromatic carbocycles. The van der Waals surface area contributed by atoms with Crippen molar-refractivity contribution in [2.45, 2.75) is 50.0 Å². The molecule has 0 saturated carbocycles. The van der Waals surface area contributed by atoms with Crippen LogP contribution in [-0.4, -0.2) is 30.2 Å². The molecule has 6 rings (SSSR count). The fourth-order valence-corrected chi connectivity index (χ4v) is 7.80. The number of benzene rings is 3. The summed E-state index contributed by atoms with van der Waals surface area (Å²) in [7, 11) is -4.13. The number of carbonyl (C=O) groups is 3. The van der Waals surface area contributed by atoms with Gasteiger partial charge in [0.05, 0.1) is 16.9 Å². The minimum atomic E-state index is -4.13. The number of carbonyl (C=O) groups excluding carboxylic acids is 3. The van der Waals surface area contributed by atoms with Gasteiger partial charge < -0.3 is 5.32 Å². The van der Waals surface area contributed by atoms with Crippen molar-refractivity contribution in [2.24, 2.45) is 5.92 Å². The Balaban J connectivity index is 1.54. The predicted molar refractivity (Wildman–Crippen MR) is 148 cm³/mol. The summed E-state index contributed by atoms with van der Waals surface area (Å²) in [6.07, 6.45) is 4.13. The summed E-state index contributed by atoms with van der Waals surface area (Å²) >= 11 is 0. The van der Waals surface area contributed by atoms with Gasteiger partial charge in [0.1, 0.15) is 0 Å². The molecule has 1 aliphatic heterocycles. The molecule has 0 fully saturated rings. The van der Waals surface area contributed by atoms with Crippen molar-refractivity contribution in [3.63, 3.8) is 0 Å². The molecule has 2 aliphatic carbocycles. The first kappa shape index (κ1) is 25.2. The number of rotatable bonds is 4. The number of nitrogens with zero attached hydrogens (tertiary/aromatic N) is 1. The molecule has 0 saturated heterocycles. The van der Waals surface area contributed by atoms with E-state index in [0.29, 0.717) is 34.4 Å². The molecule has 1 N–H and O–H groups in total. The van der Waals surface area contributed by atoms with Crippen molar-refractivity contribution in [3.8, 4) is 0 Å². The quantitative estimate of drug-likeness (QED) is 0.456. The van der Waals surface area contributed by atoms with E-state index in [4.69, 9.17) is 0 Å². The van der Waals surface area contributed by atoms with Crippen LogP contribution >= 0.6 is 0 Å². The summed E-state index contributed by atoms with van der Waals surface area (Å²) in [6.45, 7) is 3.50. The van der Waals surface area contributed by atoms with Gasteiger partial charge in [0.15, 0.2) is 0 Å². The first-order chi connectivity index (χ1) is 18.7. The van der Waals surface area contributed by atoms with Crippen molar-refractivity contribution in [1.82, 2.24) is 4.31 Å². The van der Waals surface area contributed by atoms with Crippen LogP contribution in [0.15, 0.2) is 77.8 Å². The molecule has 3 unspecified atom stereocenters. The van der Waals surface area contributed by atoms with E-state index in [9.17, 15) is 22.8 Å². The summed E-state index contributed by atoms with van der Waals surface area (Å²) in [5.74, 6) is -2.04. The lowest BCUT2D eigenvalue weighted by molar-refractivity contribution is -0.118. The summed E-state index contributed by atoms with van der Waals surface area (Å²) in [5.41, 5.74) is 4.60. The fourth-order valence-electron chi connectivity index (χ4n) is 6.29. The molecule has 198 valence electrons. The summed E-state index contributed by atoms with van der Waals surface area (Å²) in [6, 6.07) is 18.1. The lowest BCUT2D eigenvalue weighted by Crippen LogP contribution is -2.41. The molecule has 39 heavy (non-hydrogen) atoms. The van der Waals surface area contributed by atoms with E-state index < -0.39 is 33.5 Å². The number of hydrogen-bond donors (Lipinski definition) is 1. The van der Waals surface area contributed by atoms with E-state index in [2.05, 4.69) is 12.2 Å². The van der Waals surface area contributed by atoms with Crippen LogP contribution in [0.4, 0.5) is 5.69 Å². The van der Waals surface area contributed by atoms with Gasteiger partial charge in [0, 0.05) is 24.4 Å². The highest BCUT2D eigenvalue weighted by Gasteiger charge is 2.53. The SMILES string of the molecule is CC(=O)Nc1ccc(S(=O)(=O)N2C=C(c3ccccc3)C3C(=O)C(=O)c4c(ccc5c4CCCC5C)C32)cc1. The van der Waals surface area contributed by atoms with E-state index in [1.54, 1.807) is 0 Å². The van der Waals surface area contributed by atoms with Gasteiger partial charge in [0.25, 0.3) is 10.0 Å². The number of ketones is 2. The Hall–Kier alpha value is -4.04. The Kier molecular flexibility index (Phi) is 6.03. The smallest absolute Gasteiger partial charge is 0.264 e. The largest absolute Gasteiger partial charge is 0.326 e. The third kappa shape index (κ3) is 4.01. The van der Waals surface area contributed by atoms with Gasteiger partial charge in [-0.2, -0.15) is 0 Å². The second-order valence-corrected chi connectivity index (χ2v) is 12.3. The van der Waals surface area contributed by atoms with Gasteiger partial charge in [-0.3, -0.25) is 18.7 Å². The van der Waals surface area contributed by atoms with Crippen LogP contribution in [-0.2, 0) is 26.0 Å². The summed E-state index contributed by atoms with van der Waals surface area (Å²) < 4.78 is 29.5. The first-order valence-corrected chi connectivity index (χ1v) is 14.5. The zero-order valence-electron chi connectivity index (χ0n) is 21.7. The Morgan fingerprint density at radius 2 is 1.64 bits per heavy atom. The number of nitrogens with one attached hydrogen (secondary N) is 1. The Bertz CT molecular complexity index is 1660. The Labute approximate surface area is 227 Å². The van der Waals surface area contributed by atoms with Gasteiger partial charge in [0.2, 0.25) is 17.5 Å². The lowest BCUT2D eigenvalue weighted by atomic mass is 9.70. The lowest BCUT2D eigenvalue weighted by Gasteiger charge is -2.36. The molecule has 3 aromatic rings. The summed E-state index contributed by atoms with van der Waals surface area (Å²) in [5, 5.41) is 2.64. The molecule has 3 aliphatic rings. The average Bonchev–Trinajstić information content (AvgIpc) is 3.34. The van der Waals surface area contributed by atoms with E-state index in [1.165, 1.54) is 41.7 Å². The van der Waals surface area contributed by atoms with E-state index in [-0.39, 0.29) is 16.7 Å². The standard InChI is InChI=1S/C31H28N2O5S/c1-18-7-6-10-24-23(18)15-16-25-27(24)30(35)31(36)28-26(20-8-4-3-5-9-20)17-33(29(25)28)39(37,38)22-13-11-21(12-14-22)32-19(2)34/h3-5,8-9,11-18,28-29H,6-7,10H2,1-2H3,(H,32,34). The van der Waals surface area contributed by atoms with Crippen LogP contribution in [0, 0.1) is 5.92 Å². The third-order valence-corrected chi connectivity index (χ3v) is 9.83. The maximum absolute atomic E-state index is 14.1. The molecule has 3 atom stereocenters. The van der Waals surface area contributed by atoms with Crippen LogP contribution in [0.5, 0.6) is 0 Å². The monoisotopic (exact) mass is 540 g/mol. The molecule has 8 heteroatoms. The molecule has 1 heterocycles. The zero-order valence-corrected chi connectivity index (χ0v) is 22.5. The molecular formula is C31H28N2O5S. The predicted octanol–water partition coefficient (Wildman–Crippen LogP) is 5.25. The second-order valence-electron chi connectivity index (χ2n) is 10.5. The van der Waals surface area contributed by atoms with Gasteiger partial charge in [-0.25, -0.2) is 8.42 Å². The number of Topliss-reactive ketones (excluding diaryl/α,β-unsaturated/α-hetero) is 2. The van der Waals surface area contributed by atoms with Crippen LogP contribution in [0.3, 0.4) is 0 Å². The Morgan fingerprint density at radius 3 is 2.33 bits per heavy atom. The van der Waals surface area contributed by atoms with Gasteiger partial charge >= 0.3 is 0 Å². The molecule has 1 amide bonds. The molecule has 0 radical (unpaired) electrons. The zero-order chi connectivity index (χ0) is 27.5. The minimum Gasteiger partial charge on any atom is -0.326 e. The summed E-state index contributed by atoms with van der Waals surface area (Å²) in [4.78, 5) is 39.0. The highest BCUT2D eigenvalue weighted by molar-refractivity contribution is 7.89. The number of fused-ring (bicyclic) bond motifs is 5. The molecule has 7 nitrogen and oxygen atoms in total. The molecular weight excluding hydrogens is 512 g/mol. The topological polar surface area (TPSA) is 101 Å². The van der Waals surface area contributed by atoms with E-state index in [0.717, 1.165) is 24.0 Å². The van der Waals surface area contributed by atoms with Crippen molar-refractivity contribution in [3.05, 3.63) is 101 Å². The highest BCUT2D eigenvalue weighted by Crippen LogP contribution is 2.52. The number of amides is 1. The van der Waals surface area contributed by atoms with E-state index in [1.807, 2.05) is 42.5 Å². The maximum atomic E-state index is 14.1. The number of sulfonamides is 1. The first-order valence-electron chi connectivity index (χ1n) is 13.1. The number of hydrogen-bond acceptors (Lipinski definition) is 5. The van der Waals surface area contributed by atoms with E-state index >= 15 is 0 Å². The van der Waals surface area contributed by atoms with Crippen LogP contribution < -0.4 is 5.32 Å².